The third kappa shape index (κ3) is 2.47. The van der Waals surface area contributed by atoms with Gasteiger partial charge in [0, 0.05) is 10.9 Å². The van der Waals surface area contributed by atoms with Crippen molar-refractivity contribution in [2.24, 2.45) is 0 Å². The molecule has 1 atom stereocenters. The number of thiazole rings is 1. The summed E-state index contributed by atoms with van der Waals surface area (Å²) in [5.41, 5.74) is 1.23. The molecule has 3 rings (SSSR count). The van der Waals surface area contributed by atoms with Crippen molar-refractivity contribution in [3.63, 3.8) is 0 Å². The van der Waals surface area contributed by atoms with Crippen LogP contribution in [0.5, 0.6) is 0 Å². The van der Waals surface area contributed by atoms with E-state index in [0.29, 0.717) is 12.2 Å². The van der Waals surface area contributed by atoms with Crippen LogP contribution in [0.15, 0.2) is 0 Å². The van der Waals surface area contributed by atoms with E-state index in [0.717, 1.165) is 18.0 Å². The first-order chi connectivity index (χ1) is 8.12. The summed E-state index contributed by atoms with van der Waals surface area (Å²) in [7, 11) is -2.80. The molecule has 1 saturated heterocycles. The molecule has 0 amide bonds. The number of aromatic nitrogens is 1. The highest BCUT2D eigenvalue weighted by Gasteiger charge is 2.28. The number of aryl methyl sites for hydroxylation is 2. The number of sulfone groups is 1. The Balaban J connectivity index is 1.71. The Kier molecular flexibility index (Phi) is 2.86. The highest BCUT2D eigenvalue weighted by Crippen LogP contribution is 2.30. The van der Waals surface area contributed by atoms with E-state index in [1.807, 2.05) is 0 Å². The van der Waals surface area contributed by atoms with Gasteiger partial charge in [0.25, 0.3) is 0 Å². The van der Waals surface area contributed by atoms with Gasteiger partial charge in [-0.15, -0.1) is 11.3 Å². The van der Waals surface area contributed by atoms with E-state index in [1.54, 1.807) is 11.3 Å². The second-order valence-corrected chi connectivity index (χ2v) is 8.15. The average Bonchev–Trinajstić information content (AvgIpc) is 2.81. The fourth-order valence-corrected chi connectivity index (χ4v) is 5.30. The van der Waals surface area contributed by atoms with E-state index in [1.165, 1.54) is 23.4 Å². The lowest BCUT2D eigenvalue weighted by Gasteiger charge is -2.08. The SMILES string of the molecule is O=S1(=O)CCC(Nc2nc3c(s2)CCCC3)C1. The largest absolute Gasteiger partial charge is 0.358 e. The second kappa shape index (κ2) is 4.24. The molecule has 1 unspecified atom stereocenters. The Morgan fingerprint density at radius 3 is 2.82 bits per heavy atom. The Labute approximate surface area is 105 Å². The topological polar surface area (TPSA) is 59.1 Å². The van der Waals surface area contributed by atoms with E-state index in [9.17, 15) is 8.42 Å². The number of hydrogen-bond donors (Lipinski definition) is 1. The van der Waals surface area contributed by atoms with E-state index in [2.05, 4.69) is 10.3 Å². The summed E-state index contributed by atoms with van der Waals surface area (Å²) in [6.45, 7) is 0. The molecular weight excluding hydrogens is 256 g/mol. The van der Waals surface area contributed by atoms with E-state index < -0.39 is 9.84 Å². The minimum absolute atomic E-state index is 0.0626. The van der Waals surface area contributed by atoms with Crippen LogP contribution in [0.2, 0.25) is 0 Å². The third-order valence-corrected chi connectivity index (χ3v) is 6.26. The Morgan fingerprint density at radius 1 is 1.29 bits per heavy atom. The highest BCUT2D eigenvalue weighted by molar-refractivity contribution is 7.91. The van der Waals surface area contributed by atoms with Gasteiger partial charge in [0.2, 0.25) is 0 Å². The highest BCUT2D eigenvalue weighted by atomic mass is 32.2. The molecule has 6 heteroatoms. The summed E-state index contributed by atoms with van der Waals surface area (Å²) in [4.78, 5) is 5.96. The third-order valence-electron chi connectivity index (χ3n) is 3.41. The van der Waals surface area contributed by atoms with Crippen LogP contribution in [-0.2, 0) is 22.7 Å². The van der Waals surface area contributed by atoms with Crippen LogP contribution in [-0.4, -0.2) is 30.9 Å². The molecule has 94 valence electrons. The van der Waals surface area contributed by atoms with Crippen molar-refractivity contribution in [1.29, 1.82) is 0 Å². The van der Waals surface area contributed by atoms with Crippen molar-refractivity contribution < 1.29 is 8.42 Å². The zero-order chi connectivity index (χ0) is 11.9. The zero-order valence-corrected chi connectivity index (χ0v) is 11.2. The Morgan fingerprint density at radius 2 is 2.12 bits per heavy atom. The van der Waals surface area contributed by atoms with E-state index >= 15 is 0 Å². The summed E-state index contributed by atoms with van der Waals surface area (Å²) in [6, 6.07) is 0.0626. The molecule has 0 saturated carbocycles. The molecule has 1 N–H and O–H groups in total. The number of rotatable bonds is 2. The van der Waals surface area contributed by atoms with Crippen molar-refractivity contribution in [3.05, 3.63) is 10.6 Å². The molecule has 1 aliphatic heterocycles. The maximum atomic E-state index is 11.4. The van der Waals surface area contributed by atoms with Crippen molar-refractivity contribution >= 4 is 26.3 Å². The van der Waals surface area contributed by atoms with Gasteiger partial charge in [-0.3, -0.25) is 0 Å². The number of hydrogen-bond acceptors (Lipinski definition) is 5. The van der Waals surface area contributed by atoms with Gasteiger partial charge in [-0.25, -0.2) is 13.4 Å². The number of nitrogens with one attached hydrogen (secondary N) is 1. The molecule has 17 heavy (non-hydrogen) atoms. The van der Waals surface area contributed by atoms with Crippen LogP contribution < -0.4 is 5.32 Å². The molecule has 1 aromatic heterocycles. The predicted octanol–water partition coefficient (Wildman–Crippen LogP) is 1.62. The molecule has 1 fully saturated rings. The van der Waals surface area contributed by atoms with Gasteiger partial charge in [0.05, 0.1) is 17.2 Å². The van der Waals surface area contributed by atoms with Crippen molar-refractivity contribution in [2.75, 3.05) is 16.8 Å². The maximum absolute atomic E-state index is 11.4. The minimum atomic E-state index is -2.80. The van der Waals surface area contributed by atoms with Crippen LogP contribution in [0.3, 0.4) is 0 Å². The molecule has 1 aromatic rings. The Bertz CT molecular complexity index is 498. The lowest BCUT2D eigenvalue weighted by atomic mass is 10.0. The lowest BCUT2D eigenvalue weighted by Crippen LogP contribution is -2.20. The lowest BCUT2D eigenvalue weighted by molar-refractivity contribution is 0.602. The van der Waals surface area contributed by atoms with Gasteiger partial charge in [0.15, 0.2) is 15.0 Å². The molecule has 0 spiro atoms. The van der Waals surface area contributed by atoms with Crippen LogP contribution in [0.1, 0.15) is 29.8 Å². The van der Waals surface area contributed by atoms with E-state index in [4.69, 9.17) is 0 Å². The first-order valence-electron chi connectivity index (χ1n) is 6.08. The van der Waals surface area contributed by atoms with Crippen LogP contribution in [0, 0.1) is 0 Å². The summed E-state index contributed by atoms with van der Waals surface area (Å²) in [5, 5.41) is 4.20. The number of nitrogens with zero attached hydrogens (tertiary/aromatic N) is 1. The van der Waals surface area contributed by atoms with Gasteiger partial charge >= 0.3 is 0 Å². The maximum Gasteiger partial charge on any atom is 0.183 e. The smallest absolute Gasteiger partial charge is 0.183 e. The summed E-state index contributed by atoms with van der Waals surface area (Å²) < 4.78 is 22.7. The summed E-state index contributed by atoms with van der Waals surface area (Å²) >= 11 is 1.71. The van der Waals surface area contributed by atoms with Crippen molar-refractivity contribution in [1.82, 2.24) is 4.98 Å². The second-order valence-electron chi connectivity index (χ2n) is 4.84. The Hall–Kier alpha value is -0.620. The minimum Gasteiger partial charge on any atom is -0.358 e. The van der Waals surface area contributed by atoms with Gasteiger partial charge in [-0.1, -0.05) is 0 Å². The van der Waals surface area contributed by atoms with Crippen LogP contribution in [0.4, 0.5) is 5.13 Å². The molecule has 0 aromatic carbocycles. The van der Waals surface area contributed by atoms with Gasteiger partial charge < -0.3 is 5.32 Å². The normalized spacial score (nSPS) is 26.7. The van der Waals surface area contributed by atoms with Gasteiger partial charge in [-0.2, -0.15) is 0 Å². The van der Waals surface area contributed by atoms with Crippen molar-refractivity contribution in [2.45, 2.75) is 38.1 Å². The van der Waals surface area contributed by atoms with Gasteiger partial charge in [0.1, 0.15) is 0 Å². The fraction of sp³-hybridized carbons (Fsp3) is 0.727. The van der Waals surface area contributed by atoms with Gasteiger partial charge in [-0.05, 0) is 32.1 Å². The quantitative estimate of drug-likeness (QED) is 0.889. The molecule has 2 heterocycles. The molecule has 2 aliphatic rings. The number of anilines is 1. The average molecular weight is 272 g/mol. The molecule has 0 bridgehead atoms. The first-order valence-corrected chi connectivity index (χ1v) is 8.72. The first kappa shape index (κ1) is 11.5. The molecule has 0 radical (unpaired) electrons. The zero-order valence-electron chi connectivity index (χ0n) is 9.61. The predicted molar refractivity (Wildman–Crippen MR) is 69.4 cm³/mol. The standard InChI is InChI=1S/C11H16N2O2S2/c14-17(15)6-5-8(7-17)12-11-13-9-3-1-2-4-10(9)16-11/h8H,1-7H2,(H,12,13). The molecule has 1 aliphatic carbocycles. The van der Waals surface area contributed by atoms with Crippen LogP contribution >= 0.6 is 11.3 Å². The molecular formula is C11H16N2O2S2. The van der Waals surface area contributed by atoms with Crippen LogP contribution in [0.25, 0.3) is 0 Å². The van der Waals surface area contributed by atoms with E-state index in [-0.39, 0.29) is 11.8 Å². The summed E-state index contributed by atoms with van der Waals surface area (Å²) in [6.07, 6.45) is 5.42. The molecule has 4 nitrogen and oxygen atoms in total. The summed E-state index contributed by atoms with van der Waals surface area (Å²) in [5.74, 6) is 0.576. The number of fused-ring (bicyclic) bond motifs is 1. The monoisotopic (exact) mass is 272 g/mol. The van der Waals surface area contributed by atoms with Crippen molar-refractivity contribution in [3.8, 4) is 0 Å². The fourth-order valence-electron chi connectivity index (χ4n) is 2.50.